The van der Waals surface area contributed by atoms with Gasteiger partial charge in [0.25, 0.3) is 0 Å². The zero-order valence-corrected chi connectivity index (χ0v) is 81.5. The summed E-state index contributed by atoms with van der Waals surface area (Å²) in [6.07, 6.45) is -4.90. The molecule has 0 saturated carbocycles. The van der Waals surface area contributed by atoms with Crippen LogP contribution in [0.1, 0.15) is 0 Å². The first-order chi connectivity index (χ1) is 10.4. The van der Waals surface area contributed by atoms with E-state index in [1.807, 2.05) is 0 Å². The van der Waals surface area contributed by atoms with Crippen molar-refractivity contribution in [2.75, 3.05) is 38.2 Å². The molecular weight excluding hydrogens is 1040 g/mol. The fourth-order valence-electron chi connectivity index (χ4n) is 1.67. The van der Waals surface area contributed by atoms with Gasteiger partial charge in [0, 0.05) is 13.1 Å². The summed E-state index contributed by atoms with van der Waals surface area (Å²) < 4.78 is 43.3. The molecule has 146 valence electrons. The Hall–Kier alpha value is 26.7. The van der Waals surface area contributed by atoms with Crippen molar-refractivity contribution in [2.24, 2.45) is 0 Å². The standard InChI is InChI=1S/C6H20N2O12P4.16K/c9-21(10,11)3-7(4-22(12,13)14)1-2-8(5-23(15,16)17)6-24(18,19)20;;;;;;;;;;;;;;;;/h1-6H2,(H2,9,10,11)(H2,12,13,14)(H2,15,16,17)(H2,18,19,20);;;;;;;;;;;;;;;;/q;16*+1/p-4. The third-order valence-electron chi connectivity index (χ3n) is 2.25. The number of hydrogen-bond acceptors (Lipinski definition) is 10. The minimum atomic E-state index is -5.00. The summed E-state index contributed by atoms with van der Waals surface area (Å²) in [5.74, 6) is 0. The molecule has 0 aliphatic heterocycles. The second-order valence-electron chi connectivity index (χ2n) is 4.90. The molecule has 4 N–H and O–H groups in total. The molecule has 0 saturated heterocycles. The largest absolute Gasteiger partial charge is 1.00 e. The number of hydrogen-bond donors (Lipinski definition) is 4. The van der Waals surface area contributed by atoms with Crippen molar-refractivity contribution in [3.05, 3.63) is 0 Å². The maximum absolute atomic E-state index is 10.8. The second kappa shape index (κ2) is 70.0. The quantitative estimate of drug-likeness (QED) is 0.111. The minimum absolute atomic E-state index is 0. The molecule has 0 bridgehead atoms. The first-order valence-corrected chi connectivity index (χ1v) is 13.0. The topological polar surface area (TPSA) is 248 Å². The summed E-state index contributed by atoms with van der Waals surface area (Å²) in [5.41, 5.74) is 0. The molecule has 0 aromatic heterocycles. The number of rotatable bonds is 11. The zero-order valence-electron chi connectivity index (χ0n) is 28.0. The molecule has 0 amide bonds. The molecule has 0 rings (SSSR count). The molecule has 34 heteroatoms. The summed E-state index contributed by atoms with van der Waals surface area (Å²) >= 11 is 0. The summed E-state index contributed by atoms with van der Waals surface area (Å²) in [6, 6.07) is 0. The maximum Gasteiger partial charge on any atom is 1.00 e. The van der Waals surface area contributed by atoms with Gasteiger partial charge < -0.3 is 57.4 Å². The Balaban J connectivity index is -0.0000000220. The van der Waals surface area contributed by atoms with Crippen molar-refractivity contribution in [3.63, 3.8) is 0 Å². The van der Waals surface area contributed by atoms with Crippen LogP contribution in [-0.2, 0) is 18.3 Å². The summed E-state index contributed by atoms with van der Waals surface area (Å²) in [4.78, 5) is 79.1. The van der Waals surface area contributed by atoms with E-state index in [1.165, 1.54) is 0 Å². The van der Waals surface area contributed by atoms with E-state index >= 15 is 0 Å². The molecule has 14 nitrogen and oxygen atoms in total. The average Bonchev–Trinajstić information content (AvgIpc) is 2.16. The van der Waals surface area contributed by atoms with Gasteiger partial charge in [0.05, 0.1) is 25.1 Å². The fraction of sp³-hybridized carbons (Fsp3) is 1.00. The molecule has 0 aromatic rings. The Bertz CT molecular complexity index is 525. The Kier molecular flexibility index (Phi) is 204. The van der Waals surface area contributed by atoms with Crippen LogP contribution in [0, 0.1) is 0 Å². The van der Waals surface area contributed by atoms with Crippen LogP contribution >= 0.6 is 30.4 Å². The van der Waals surface area contributed by atoms with E-state index in [-0.39, 0.29) is 822 Å². The third kappa shape index (κ3) is 98.2. The van der Waals surface area contributed by atoms with Crippen molar-refractivity contribution < 1.29 is 880 Å². The summed E-state index contributed by atoms with van der Waals surface area (Å²) in [7, 11) is -20.0. The van der Waals surface area contributed by atoms with E-state index < -0.39 is 68.6 Å². The van der Waals surface area contributed by atoms with Crippen molar-refractivity contribution in [1.82, 2.24) is 9.80 Å². The van der Waals surface area contributed by atoms with Gasteiger partial charge in [-0.3, -0.25) is 9.80 Å². The minimum Gasteiger partial charge on any atom is -0.778 e. The molecule has 0 radical (unpaired) electrons. The monoisotopic (exact) mass is 1060 g/mol. The van der Waals surface area contributed by atoms with Crippen LogP contribution in [0.25, 0.3) is 0 Å². The van der Waals surface area contributed by atoms with E-state index in [1.54, 1.807) is 0 Å². The Morgan fingerprint density at radius 3 is 0.525 bits per heavy atom. The van der Waals surface area contributed by atoms with Crippen molar-refractivity contribution >= 4 is 30.4 Å². The van der Waals surface area contributed by atoms with Crippen LogP contribution in [-0.4, -0.2) is 67.6 Å². The Morgan fingerprint density at radius 2 is 0.450 bits per heavy atom. The van der Waals surface area contributed by atoms with Gasteiger partial charge in [-0.2, -0.15) is 0 Å². The Morgan fingerprint density at radius 1 is 0.350 bits per heavy atom. The van der Waals surface area contributed by atoms with Gasteiger partial charge in [0.2, 0.25) is 0 Å². The molecule has 0 aromatic carbocycles. The van der Waals surface area contributed by atoms with Crippen LogP contribution in [0.15, 0.2) is 0 Å². The van der Waals surface area contributed by atoms with Gasteiger partial charge >= 0.3 is 822 Å². The molecule has 4 unspecified atom stereocenters. The molecule has 4 atom stereocenters. The fourth-order valence-corrected chi connectivity index (χ4v) is 4.97. The zero-order chi connectivity index (χ0) is 19.4. The smallest absolute Gasteiger partial charge is 0.778 e. The van der Waals surface area contributed by atoms with E-state index in [2.05, 4.69) is 0 Å². The summed E-state index contributed by atoms with van der Waals surface area (Å²) in [5, 5.41) is 0. The molecule has 0 fully saturated rings. The predicted molar refractivity (Wildman–Crippen MR) is 72.2 cm³/mol. The third-order valence-corrected chi connectivity index (χ3v) is 5.28. The molecular formula is C6H16K16N2O12P4+12. The first kappa shape index (κ1) is 117. The van der Waals surface area contributed by atoms with Gasteiger partial charge in [-0.15, -0.1) is 0 Å². The normalized spacial score (nSPS) is 13.6. The van der Waals surface area contributed by atoms with Crippen LogP contribution in [0.3, 0.4) is 0 Å². The van der Waals surface area contributed by atoms with Gasteiger partial charge in [-0.25, -0.2) is 0 Å². The van der Waals surface area contributed by atoms with Crippen molar-refractivity contribution in [3.8, 4) is 0 Å². The summed E-state index contributed by atoms with van der Waals surface area (Å²) in [6.45, 7) is -1.28. The Labute approximate surface area is 919 Å². The van der Waals surface area contributed by atoms with Crippen LogP contribution in [0.4, 0.5) is 0 Å². The van der Waals surface area contributed by atoms with Gasteiger partial charge in [-0.05, 0) is 0 Å². The molecule has 40 heavy (non-hydrogen) atoms. The average molecular weight is 1060 g/mol. The molecule has 0 aliphatic rings. The molecule has 0 spiro atoms. The first-order valence-electron chi connectivity index (χ1n) is 5.92. The van der Waals surface area contributed by atoms with Crippen molar-refractivity contribution in [1.29, 1.82) is 0 Å². The van der Waals surface area contributed by atoms with Crippen LogP contribution < -0.4 is 842 Å². The van der Waals surface area contributed by atoms with Gasteiger partial charge in [-0.1, -0.05) is 0 Å². The van der Waals surface area contributed by atoms with Crippen LogP contribution in [0.5, 0.6) is 0 Å². The second-order valence-corrected chi connectivity index (χ2v) is 11.1. The maximum atomic E-state index is 10.8. The van der Waals surface area contributed by atoms with Gasteiger partial charge in [0.1, 0.15) is 30.4 Å². The SMILES string of the molecule is O=P([O-])(O)CN(CCN(CP(=O)([O-])O)CP(=O)([O-])O)CP(=O)([O-])O.[K+].[K+].[K+].[K+].[K+].[K+].[K+].[K+].[K+].[K+].[K+].[K+].[K+].[K+].[K+].[K+]. The van der Waals surface area contributed by atoms with Crippen LogP contribution in [0.2, 0.25) is 0 Å². The van der Waals surface area contributed by atoms with E-state index in [0.29, 0.717) is 9.80 Å². The predicted octanol–water partition coefficient (Wildman–Crippen LogP) is -52.3. The van der Waals surface area contributed by atoms with Gasteiger partial charge in [0.15, 0.2) is 0 Å². The number of nitrogens with zero attached hydrogens (tertiary/aromatic N) is 2. The molecule has 0 heterocycles. The van der Waals surface area contributed by atoms with E-state index in [0.717, 1.165) is 0 Å². The molecule has 0 aliphatic carbocycles. The van der Waals surface area contributed by atoms with Crippen molar-refractivity contribution in [2.45, 2.75) is 0 Å². The van der Waals surface area contributed by atoms with E-state index in [9.17, 15) is 37.8 Å². The van der Waals surface area contributed by atoms with E-state index in [4.69, 9.17) is 19.6 Å².